The van der Waals surface area contributed by atoms with Gasteiger partial charge in [-0.2, -0.15) is 0 Å². The predicted octanol–water partition coefficient (Wildman–Crippen LogP) is 6.20. The van der Waals surface area contributed by atoms with Crippen LogP contribution >= 0.6 is 0 Å². The van der Waals surface area contributed by atoms with E-state index >= 15 is 0 Å². The van der Waals surface area contributed by atoms with Crippen LogP contribution in [0.4, 0.5) is 0 Å². The van der Waals surface area contributed by atoms with Crippen LogP contribution in [0.25, 0.3) is 22.3 Å². The van der Waals surface area contributed by atoms with Gasteiger partial charge in [-0.3, -0.25) is 9.59 Å². The van der Waals surface area contributed by atoms with E-state index < -0.39 is 0 Å². The first kappa shape index (κ1) is 21.8. The van der Waals surface area contributed by atoms with Crippen molar-refractivity contribution in [2.24, 2.45) is 0 Å². The van der Waals surface area contributed by atoms with Gasteiger partial charge in [0.05, 0.1) is 10.9 Å². The van der Waals surface area contributed by atoms with Gasteiger partial charge in [0.1, 0.15) is 5.76 Å². The molecule has 0 unspecified atom stereocenters. The van der Waals surface area contributed by atoms with E-state index in [9.17, 15) is 9.59 Å². The molecule has 0 spiro atoms. The number of carbonyl (C=O) groups is 1. The topological polar surface area (TPSA) is 59.3 Å². The van der Waals surface area contributed by atoms with Crippen molar-refractivity contribution in [2.45, 2.75) is 59.3 Å². The highest BCUT2D eigenvalue weighted by Crippen LogP contribution is 2.28. The van der Waals surface area contributed by atoms with E-state index in [4.69, 9.17) is 4.42 Å². The monoisotopic (exact) mass is 405 g/mol. The number of amides is 1. The third kappa shape index (κ3) is 4.64. The lowest BCUT2D eigenvalue weighted by molar-refractivity contribution is 0.0953. The number of rotatable bonds is 8. The van der Waals surface area contributed by atoms with E-state index in [1.165, 1.54) is 5.56 Å². The standard InChI is InChI=1S/C26H31NO3/c1-5-6-7-8-16-27-26(29)22-11-9-10-21-23(28)18(4)24(30-25(21)22)20-14-12-19(13-15-20)17(2)3/h9-15,17H,5-8,16H2,1-4H3,(H,27,29). The number of para-hydroxylation sites is 1. The zero-order valence-corrected chi connectivity index (χ0v) is 18.4. The molecule has 4 nitrogen and oxygen atoms in total. The van der Waals surface area contributed by atoms with Crippen molar-refractivity contribution in [3.63, 3.8) is 0 Å². The summed E-state index contributed by atoms with van der Waals surface area (Å²) in [6.07, 6.45) is 4.36. The molecule has 0 aliphatic carbocycles. The number of nitrogens with one attached hydrogen (secondary N) is 1. The Balaban J connectivity index is 1.98. The average Bonchev–Trinajstić information content (AvgIpc) is 2.75. The van der Waals surface area contributed by atoms with Gasteiger partial charge in [-0.15, -0.1) is 0 Å². The molecule has 30 heavy (non-hydrogen) atoms. The normalized spacial score (nSPS) is 11.2. The molecule has 0 atom stereocenters. The Hall–Kier alpha value is -2.88. The van der Waals surface area contributed by atoms with Gasteiger partial charge in [-0.25, -0.2) is 0 Å². The lowest BCUT2D eigenvalue weighted by Crippen LogP contribution is -2.25. The number of carbonyl (C=O) groups excluding carboxylic acids is 1. The summed E-state index contributed by atoms with van der Waals surface area (Å²) in [5, 5.41) is 3.40. The van der Waals surface area contributed by atoms with Crippen molar-refractivity contribution in [1.29, 1.82) is 0 Å². The predicted molar refractivity (Wildman–Crippen MR) is 123 cm³/mol. The minimum Gasteiger partial charge on any atom is -0.455 e. The highest BCUT2D eigenvalue weighted by Gasteiger charge is 2.18. The van der Waals surface area contributed by atoms with Gasteiger partial charge in [0.2, 0.25) is 0 Å². The smallest absolute Gasteiger partial charge is 0.255 e. The summed E-state index contributed by atoms with van der Waals surface area (Å²) >= 11 is 0. The first-order valence-corrected chi connectivity index (χ1v) is 10.9. The Morgan fingerprint density at radius 1 is 1.03 bits per heavy atom. The summed E-state index contributed by atoms with van der Waals surface area (Å²) in [5.74, 6) is 0.743. The Labute approximate surface area is 178 Å². The summed E-state index contributed by atoms with van der Waals surface area (Å²) in [7, 11) is 0. The lowest BCUT2D eigenvalue weighted by atomic mass is 9.99. The van der Waals surface area contributed by atoms with Crippen LogP contribution in [0.2, 0.25) is 0 Å². The first-order valence-electron chi connectivity index (χ1n) is 10.9. The van der Waals surface area contributed by atoms with Gasteiger partial charge in [0.15, 0.2) is 11.0 Å². The highest BCUT2D eigenvalue weighted by atomic mass is 16.3. The highest BCUT2D eigenvalue weighted by molar-refractivity contribution is 6.05. The van der Waals surface area contributed by atoms with Gasteiger partial charge in [0.25, 0.3) is 5.91 Å². The third-order valence-electron chi connectivity index (χ3n) is 5.55. The molecule has 0 aliphatic rings. The van der Waals surface area contributed by atoms with Gasteiger partial charge >= 0.3 is 0 Å². The maximum Gasteiger partial charge on any atom is 0.255 e. The second-order valence-corrected chi connectivity index (χ2v) is 8.16. The molecule has 3 rings (SSSR count). The molecule has 0 aliphatic heterocycles. The molecule has 4 heteroatoms. The molecular formula is C26H31NO3. The van der Waals surface area contributed by atoms with Crippen LogP contribution in [0.15, 0.2) is 51.7 Å². The Bertz CT molecular complexity index is 1080. The molecule has 0 saturated carbocycles. The quantitative estimate of drug-likeness (QED) is 0.454. The number of benzene rings is 2. The number of hydrogen-bond donors (Lipinski definition) is 1. The van der Waals surface area contributed by atoms with Gasteiger partial charge < -0.3 is 9.73 Å². The molecule has 1 heterocycles. The molecule has 158 valence electrons. The minimum absolute atomic E-state index is 0.100. The lowest BCUT2D eigenvalue weighted by Gasteiger charge is -2.12. The van der Waals surface area contributed by atoms with Crippen LogP contribution in [0, 0.1) is 6.92 Å². The molecule has 2 aromatic carbocycles. The molecule has 0 fully saturated rings. The molecule has 1 amide bonds. The molecule has 0 saturated heterocycles. The largest absolute Gasteiger partial charge is 0.455 e. The average molecular weight is 406 g/mol. The van der Waals surface area contributed by atoms with Crippen LogP contribution < -0.4 is 10.7 Å². The molecule has 3 aromatic rings. The summed E-state index contributed by atoms with van der Waals surface area (Å²) in [4.78, 5) is 25.8. The summed E-state index contributed by atoms with van der Waals surface area (Å²) < 4.78 is 6.20. The van der Waals surface area contributed by atoms with Crippen molar-refractivity contribution in [3.05, 3.63) is 69.4 Å². The van der Waals surface area contributed by atoms with E-state index in [1.54, 1.807) is 25.1 Å². The van der Waals surface area contributed by atoms with E-state index in [0.717, 1.165) is 31.2 Å². The molecule has 1 aromatic heterocycles. The summed E-state index contributed by atoms with van der Waals surface area (Å²) in [5.41, 5.74) is 3.27. The van der Waals surface area contributed by atoms with Gasteiger partial charge in [-0.1, -0.05) is 70.4 Å². The molecular weight excluding hydrogens is 374 g/mol. The maximum absolute atomic E-state index is 13.0. The van der Waals surface area contributed by atoms with E-state index in [1.807, 2.05) is 12.1 Å². The number of hydrogen-bond acceptors (Lipinski definition) is 3. The van der Waals surface area contributed by atoms with Crippen molar-refractivity contribution in [3.8, 4) is 11.3 Å². The van der Waals surface area contributed by atoms with Crippen LogP contribution in [0.1, 0.15) is 73.9 Å². The summed E-state index contributed by atoms with van der Waals surface area (Å²) in [6.45, 7) is 8.84. The zero-order chi connectivity index (χ0) is 21.7. The SMILES string of the molecule is CCCCCCNC(=O)c1cccc2c(=O)c(C)c(-c3ccc(C(C)C)cc3)oc12. The molecule has 1 N–H and O–H groups in total. The third-order valence-corrected chi connectivity index (χ3v) is 5.55. The zero-order valence-electron chi connectivity index (χ0n) is 18.4. The van der Waals surface area contributed by atoms with Crippen LogP contribution in [-0.4, -0.2) is 12.5 Å². The first-order chi connectivity index (χ1) is 14.4. The second kappa shape index (κ2) is 9.75. The van der Waals surface area contributed by atoms with Crippen molar-refractivity contribution in [2.75, 3.05) is 6.54 Å². The van der Waals surface area contributed by atoms with Gasteiger partial charge in [0, 0.05) is 17.7 Å². The summed E-state index contributed by atoms with van der Waals surface area (Å²) in [6, 6.07) is 13.2. The minimum atomic E-state index is -0.204. The van der Waals surface area contributed by atoms with Crippen LogP contribution in [-0.2, 0) is 0 Å². The Kier molecular flexibility index (Phi) is 7.09. The maximum atomic E-state index is 13.0. The van der Waals surface area contributed by atoms with Crippen molar-refractivity contribution < 1.29 is 9.21 Å². The van der Waals surface area contributed by atoms with E-state index in [-0.39, 0.29) is 11.3 Å². The molecule has 0 radical (unpaired) electrons. The van der Waals surface area contributed by atoms with Crippen LogP contribution in [0.3, 0.4) is 0 Å². The van der Waals surface area contributed by atoms with E-state index in [0.29, 0.717) is 40.3 Å². The fourth-order valence-corrected chi connectivity index (χ4v) is 3.63. The second-order valence-electron chi connectivity index (χ2n) is 8.16. The Morgan fingerprint density at radius 2 is 1.77 bits per heavy atom. The van der Waals surface area contributed by atoms with E-state index in [2.05, 4.69) is 38.2 Å². The number of unbranched alkanes of at least 4 members (excludes halogenated alkanes) is 3. The molecule has 0 bridgehead atoms. The fraction of sp³-hybridized carbons (Fsp3) is 0.385. The Morgan fingerprint density at radius 3 is 2.43 bits per heavy atom. The van der Waals surface area contributed by atoms with Gasteiger partial charge in [-0.05, 0) is 37.0 Å². The van der Waals surface area contributed by atoms with Crippen molar-refractivity contribution in [1.82, 2.24) is 5.32 Å². The fourth-order valence-electron chi connectivity index (χ4n) is 3.63. The number of fused-ring (bicyclic) bond motifs is 1. The van der Waals surface area contributed by atoms with Crippen molar-refractivity contribution >= 4 is 16.9 Å². The van der Waals surface area contributed by atoms with Crippen LogP contribution in [0.5, 0.6) is 0 Å².